The number of benzene rings is 1. The molecule has 1 aromatic heterocycles. The van der Waals surface area contributed by atoms with Gasteiger partial charge in [0.1, 0.15) is 5.69 Å². The molecule has 150 valence electrons. The Morgan fingerprint density at radius 1 is 1.14 bits per heavy atom. The minimum Gasteiger partial charge on any atom is -0.461 e. The number of carbonyl (C=O) groups excluding carboxylic acids is 3. The molecule has 0 aliphatic rings. The zero-order valence-corrected chi connectivity index (χ0v) is 17.5. The smallest absolute Gasteiger partial charge is 0.355 e. The lowest BCUT2D eigenvalue weighted by atomic mass is 9.99. The number of likely N-dealkylation sites (N-methyl/N-ethyl adjacent to an activating group) is 1. The fourth-order valence-corrected chi connectivity index (χ4v) is 3.36. The number of aromatic amines is 1. The number of aryl methyl sites for hydroxylation is 1. The van der Waals surface area contributed by atoms with Crippen molar-refractivity contribution in [1.82, 2.24) is 9.88 Å². The number of hydrogen-bond donors (Lipinski definition) is 1. The van der Waals surface area contributed by atoms with Crippen molar-refractivity contribution < 1.29 is 19.1 Å². The highest BCUT2D eigenvalue weighted by molar-refractivity contribution is 6.30. The quantitative estimate of drug-likeness (QED) is 0.554. The Hall–Kier alpha value is -2.60. The summed E-state index contributed by atoms with van der Waals surface area (Å²) in [6.07, 6.45) is 0. The standard InChI is InChI=1S/C21H25ClN2O4/c1-6-24(20(26)15-8-10-16(22)11-9-15)14(5)19(25)17-12(3)18(23-13(17)4)21(27)28-7-2/h8-11,14,23H,6-7H2,1-5H3/t14-/m1/s1. The molecule has 28 heavy (non-hydrogen) atoms. The lowest BCUT2D eigenvalue weighted by Crippen LogP contribution is -2.43. The Kier molecular flexibility index (Phi) is 7.02. The van der Waals surface area contributed by atoms with Crippen LogP contribution in [0.1, 0.15) is 63.2 Å². The van der Waals surface area contributed by atoms with E-state index in [4.69, 9.17) is 16.3 Å². The summed E-state index contributed by atoms with van der Waals surface area (Å²) < 4.78 is 5.03. The average Bonchev–Trinajstić information content (AvgIpc) is 2.96. The number of halogens is 1. The van der Waals surface area contributed by atoms with Gasteiger partial charge in [-0.1, -0.05) is 11.6 Å². The van der Waals surface area contributed by atoms with E-state index in [-0.39, 0.29) is 24.0 Å². The first kappa shape index (κ1) is 21.7. The second-order valence-corrected chi connectivity index (χ2v) is 6.92. The van der Waals surface area contributed by atoms with Crippen molar-refractivity contribution in [3.63, 3.8) is 0 Å². The molecule has 2 rings (SSSR count). The monoisotopic (exact) mass is 404 g/mol. The maximum Gasteiger partial charge on any atom is 0.355 e. The third-order valence-corrected chi connectivity index (χ3v) is 4.96. The summed E-state index contributed by atoms with van der Waals surface area (Å²) in [5.41, 5.74) is 2.25. The molecule has 0 aliphatic carbocycles. The summed E-state index contributed by atoms with van der Waals surface area (Å²) in [6.45, 7) is 9.27. The summed E-state index contributed by atoms with van der Waals surface area (Å²) in [5.74, 6) is -0.984. The summed E-state index contributed by atoms with van der Waals surface area (Å²) >= 11 is 5.89. The van der Waals surface area contributed by atoms with Crippen LogP contribution in [-0.4, -0.2) is 46.7 Å². The van der Waals surface area contributed by atoms with Crippen molar-refractivity contribution in [3.8, 4) is 0 Å². The van der Waals surface area contributed by atoms with Crippen molar-refractivity contribution in [2.45, 2.75) is 40.7 Å². The van der Waals surface area contributed by atoms with Crippen molar-refractivity contribution >= 4 is 29.3 Å². The van der Waals surface area contributed by atoms with E-state index in [2.05, 4.69) is 4.98 Å². The molecular weight excluding hydrogens is 380 g/mol. The van der Waals surface area contributed by atoms with Crippen LogP contribution in [0.3, 0.4) is 0 Å². The number of H-pyrrole nitrogens is 1. The molecular formula is C21H25ClN2O4. The van der Waals surface area contributed by atoms with Crippen LogP contribution in [0.4, 0.5) is 0 Å². The van der Waals surface area contributed by atoms with Gasteiger partial charge in [-0.3, -0.25) is 9.59 Å². The predicted octanol–water partition coefficient (Wildman–Crippen LogP) is 4.20. The minimum atomic E-state index is -0.698. The van der Waals surface area contributed by atoms with Gasteiger partial charge >= 0.3 is 5.97 Å². The number of aromatic nitrogens is 1. The fraction of sp³-hybridized carbons (Fsp3) is 0.381. The fourth-order valence-electron chi connectivity index (χ4n) is 3.23. The molecule has 0 saturated carbocycles. The number of Topliss-reactive ketones (excluding diaryl/α,β-unsaturated/α-hetero) is 1. The Labute approximate surface area is 169 Å². The largest absolute Gasteiger partial charge is 0.461 e. The number of nitrogens with one attached hydrogen (secondary N) is 1. The Morgan fingerprint density at radius 3 is 2.29 bits per heavy atom. The highest BCUT2D eigenvalue weighted by atomic mass is 35.5. The number of esters is 1. The van der Waals surface area contributed by atoms with Gasteiger partial charge in [-0.2, -0.15) is 0 Å². The zero-order valence-electron chi connectivity index (χ0n) is 16.8. The van der Waals surface area contributed by atoms with Gasteiger partial charge in [-0.05, 0) is 64.4 Å². The lowest BCUT2D eigenvalue weighted by molar-refractivity contribution is 0.0519. The maximum absolute atomic E-state index is 13.2. The molecule has 2 aromatic rings. The summed E-state index contributed by atoms with van der Waals surface area (Å²) in [5, 5.41) is 0.536. The molecule has 0 bridgehead atoms. The van der Waals surface area contributed by atoms with Crippen LogP contribution in [0.15, 0.2) is 24.3 Å². The topological polar surface area (TPSA) is 79.5 Å². The van der Waals surface area contributed by atoms with E-state index < -0.39 is 12.0 Å². The van der Waals surface area contributed by atoms with Crippen LogP contribution in [0, 0.1) is 13.8 Å². The molecule has 1 amide bonds. The number of nitrogens with zero attached hydrogens (tertiary/aromatic N) is 1. The van der Waals surface area contributed by atoms with Gasteiger partial charge in [-0.25, -0.2) is 4.79 Å². The van der Waals surface area contributed by atoms with Crippen LogP contribution in [0.2, 0.25) is 5.02 Å². The van der Waals surface area contributed by atoms with Crippen LogP contribution in [-0.2, 0) is 4.74 Å². The molecule has 1 atom stereocenters. The number of amides is 1. The maximum atomic E-state index is 13.2. The molecule has 6 nitrogen and oxygen atoms in total. The molecule has 0 spiro atoms. The molecule has 7 heteroatoms. The molecule has 1 aromatic carbocycles. The van der Waals surface area contributed by atoms with E-state index in [1.54, 1.807) is 52.0 Å². The Balaban J connectivity index is 2.33. The molecule has 0 radical (unpaired) electrons. The first-order valence-corrected chi connectivity index (χ1v) is 9.57. The van der Waals surface area contributed by atoms with Crippen LogP contribution >= 0.6 is 11.6 Å². The summed E-state index contributed by atoms with van der Waals surface area (Å²) in [7, 11) is 0. The molecule has 1 N–H and O–H groups in total. The van der Waals surface area contributed by atoms with Crippen LogP contribution < -0.4 is 0 Å². The number of ketones is 1. The minimum absolute atomic E-state index is 0.231. The van der Waals surface area contributed by atoms with Gasteiger partial charge in [0.15, 0.2) is 5.78 Å². The van der Waals surface area contributed by atoms with Gasteiger partial charge in [0.05, 0.1) is 12.6 Å². The van der Waals surface area contributed by atoms with Gasteiger partial charge in [0, 0.05) is 28.4 Å². The third kappa shape index (κ3) is 4.28. The van der Waals surface area contributed by atoms with E-state index in [1.165, 1.54) is 4.90 Å². The summed E-state index contributed by atoms with van der Waals surface area (Å²) in [6, 6.07) is 5.85. The van der Waals surface area contributed by atoms with E-state index >= 15 is 0 Å². The number of hydrogen-bond acceptors (Lipinski definition) is 4. The third-order valence-electron chi connectivity index (χ3n) is 4.70. The van der Waals surface area contributed by atoms with Crippen LogP contribution in [0.25, 0.3) is 0 Å². The average molecular weight is 405 g/mol. The molecule has 0 fully saturated rings. The van der Waals surface area contributed by atoms with E-state index in [0.29, 0.717) is 34.0 Å². The highest BCUT2D eigenvalue weighted by Gasteiger charge is 2.31. The second kappa shape index (κ2) is 9.06. The number of carbonyl (C=O) groups is 3. The van der Waals surface area contributed by atoms with E-state index in [9.17, 15) is 14.4 Å². The molecule has 0 saturated heterocycles. The van der Waals surface area contributed by atoms with Gasteiger partial charge < -0.3 is 14.6 Å². The SMILES string of the molecule is CCOC(=O)c1[nH]c(C)c(C(=O)[C@@H](C)N(CC)C(=O)c2ccc(Cl)cc2)c1C. The van der Waals surface area contributed by atoms with Crippen molar-refractivity contribution in [2.75, 3.05) is 13.2 Å². The number of ether oxygens (including phenoxy) is 1. The second-order valence-electron chi connectivity index (χ2n) is 6.48. The van der Waals surface area contributed by atoms with Crippen molar-refractivity contribution in [3.05, 3.63) is 57.4 Å². The lowest BCUT2D eigenvalue weighted by Gasteiger charge is -2.27. The highest BCUT2D eigenvalue weighted by Crippen LogP contribution is 2.23. The number of rotatable bonds is 7. The van der Waals surface area contributed by atoms with Crippen molar-refractivity contribution in [1.29, 1.82) is 0 Å². The van der Waals surface area contributed by atoms with E-state index in [1.807, 2.05) is 6.92 Å². The normalized spacial score (nSPS) is 11.8. The molecule has 1 heterocycles. The first-order valence-electron chi connectivity index (χ1n) is 9.19. The van der Waals surface area contributed by atoms with E-state index in [0.717, 1.165) is 0 Å². The molecule has 0 unspecified atom stereocenters. The predicted molar refractivity (Wildman–Crippen MR) is 108 cm³/mol. The Morgan fingerprint density at radius 2 is 1.75 bits per heavy atom. The van der Waals surface area contributed by atoms with Gasteiger partial charge in [-0.15, -0.1) is 0 Å². The van der Waals surface area contributed by atoms with Crippen LogP contribution in [0.5, 0.6) is 0 Å². The Bertz CT molecular complexity index is 887. The summed E-state index contributed by atoms with van der Waals surface area (Å²) in [4.78, 5) is 42.6. The van der Waals surface area contributed by atoms with Gasteiger partial charge in [0.2, 0.25) is 0 Å². The first-order chi connectivity index (χ1) is 13.2. The van der Waals surface area contributed by atoms with Crippen molar-refractivity contribution in [2.24, 2.45) is 0 Å². The zero-order chi connectivity index (χ0) is 21.0. The molecule has 0 aliphatic heterocycles. The van der Waals surface area contributed by atoms with Gasteiger partial charge in [0.25, 0.3) is 5.91 Å².